The van der Waals surface area contributed by atoms with Gasteiger partial charge in [0.2, 0.25) is 0 Å². The van der Waals surface area contributed by atoms with Crippen molar-refractivity contribution in [3.05, 3.63) is 54.1 Å². The van der Waals surface area contributed by atoms with Gasteiger partial charge >= 0.3 is 0 Å². The lowest BCUT2D eigenvalue weighted by molar-refractivity contribution is 0.0608. The SMILES string of the molecule is C=CCOCCCCCOc1ccc2c3c(cccc13)C(=O)N(CCCCCC)C2=O. The first-order valence-corrected chi connectivity index (χ1v) is 11.4. The van der Waals surface area contributed by atoms with Crippen LogP contribution in [0.1, 0.15) is 72.6 Å². The first kappa shape index (κ1) is 23.0. The van der Waals surface area contributed by atoms with Crippen molar-refractivity contribution in [2.75, 3.05) is 26.4 Å². The molecule has 0 radical (unpaired) electrons. The summed E-state index contributed by atoms with van der Waals surface area (Å²) in [6, 6.07) is 9.27. The van der Waals surface area contributed by atoms with Gasteiger partial charge in [-0.3, -0.25) is 14.5 Å². The van der Waals surface area contributed by atoms with Crippen molar-refractivity contribution in [3.8, 4) is 5.75 Å². The van der Waals surface area contributed by atoms with Crippen LogP contribution in [0, 0.1) is 0 Å². The summed E-state index contributed by atoms with van der Waals surface area (Å²) in [4.78, 5) is 27.5. The van der Waals surface area contributed by atoms with Crippen LogP contribution in [0.4, 0.5) is 0 Å². The highest BCUT2D eigenvalue weighted by Gasteiger charge is 2.33. The molecule has 2 aromatic carbocycles. The van der Waals surface area contributed by atoms with Crippen molar-refractivity contribution in [1.82, 2.24) is 4.90 Å². The maximum absolute atomic E-state index is 13.0. The Balaban J connectivity index is 1.67. The lowest BCUT2D eigenvalue weighted by atomic mass is 9.93. The summed E-state index contributed by atoms with van der Waals surface area (Å²) < 4.78 is 11.4. The summed E-state index contributed by atoms with van der Waals surface area (Å²) in [6.45, 7) is 8.16. The predicted octanol–water partition coefficient (Wildman–Crippen LogP) is 5.77. The molecule has 0 aromatic heterocycles. The Morgan fingerprint density at radius 2 is 1.65 bits per heavy atom. The second-order valence-corrected chi connectivity index (χ2v) is 7.93. The van der Waals surface area contributed by atoms with Crippen LogP contribution in [-0.2, 0) is 4.74 Å². The molecule has 0 unspecified atom stereocenters. The molecule has 0 bridgehead atoms. The van der Waals surface area contributed by atoms with Crippen LogP contribution in [-0.4, -0.2) is 43.1 Å². The zero-order chi connectivity index (χ0) is 22.1. The fraction of sp³-hybridized carbons (Fsp3) is 0.462. The smallest absolute Gasteiger partial charge is 0.261 e. The summed E-state index contributed by atoms with van der Waals surface area (Å²) in [5.41, 5.74) is 1.18. The van der Waals surface area contributed by atoms with E-state index in [1.807, 2.05) is 24.3 Å². The molecule has 0 saturated heterocycles. The van der Waals surface area contributed by atoms with Gasteiger partial charge in [0.05, 0.1) is 13.2 Å². The van der Waals surface area contributed by atoms with Crippen molar-refractivity contribution < 1.29 is 19.1 Å². The molecule has 0 N–H and O–H groups in total. The predicted molar refractivity (Wildman–Crippen MR) is 124 cm³/mol. The quantitative estimate of drug-likeness (QED) is 0.220. The summed E-state index contributed by atoms with van der Waals surface area (Å²) in [5, 5.41) is 1.55. The Labute approximate surface area is 185 Å². The maximum Gasteiger partial charge on any atom is 0.261 e. The Morgan fingerprint density at radius 3 is 2.42 bits per heavy atom. The summed E-state index contributed by atoms with van der Waals surface area (Å²) in [5.74, 6) is 0.327. The number of carbonyl (C=O) groups is 2. The lowest BCUT2D eigenvalue weighted by Gasteiger charge is -2.27. The molecule has 31 heavy (non-hydrogen) atoms. The first-order chi connectivity index (χ1) is 15.2. The van der Waals surface area contributed by atoms with Gasteiger partial charge in [-0.25, -0.2) is 0 Å². The van der Waals surface area contributed by atoms with E-state index in [0.717, 1.165) is 68.1 Å². The molecule has 0 saturated carbocycles. The number of imide groups is 1. The van der Waals surface area contributed by atoms with Gasteiger partial charge in [-0.15, -0.1) is 6.58 Å². The number of hydrogen-bond acceptors (Lipinski definition) is 4. The molecule has 0 spiro atoms. The number of rotatable bonds is 14. The number of nitrogens with zero attached hydrogens (tertiary/aromatic N) is 1. The van der Waals surface area contributed by atoms with Crippen molar-refractivity contribution in [2.24, 2.45) is 0 Å². The van der Waals surface area contributed by atoms with Crippen LogP contribution in [0.2, 0.25) is 0 Å². The molecule has 3 rings (SSSR count). The molecule has 166 valence electrons. The minimum atomic E-state index is -0.198. The lowest BCUT2D eigenvalue weighted by Crippen LogP contribution is -2.40. The van der Waals surface area contributed by atoms with Gasteiger partial charge in [0.1, 0.15) is 5.75 Å². The maximum atomic E-state index is 13.0. The Kier molecular flexibility index (Phi) is 8.65. The Morgan fingerprint density at radius 1 is 0.903 bits per heavy atom. The molecule has 0 atom stereocenters. The third kappa shape index (κ3) is 5.53. The number of carbonyl (C=O) groups excluding carboxylic acids is 2. The molecule has 1 heterocycles. The molecule has 0 fully saturated rings. The molecular weight excluding hydrogens is 390 g/mol. The fourth-order valence-corrected chi connectivity index (χ4v) is 3.98. The third-order valence-corrected chi connectivity index (χ3v) is 5.61. The van der Waals surface area contributed by atoms with E-state index in [-0.39, 0.29) is 11.8 Å². The second-order valence-electron chi connectivity index (χ2n) is 7.93. The highest BCUT2D eigenvalue weighted by atomic mass is 16.5. The summed E-state index contributed by atoms with van der Waals surface area (Å²) >= 11 is 0. The number of unbranched alkanes of at least 4 members (excludes halogenated alkanes) is 5. The van der Waals surface area contributed by atoms with Gasteiger partial charge < -0.3 is 9.47 Å². The Hall–Kier alpha value is -2.66. The van der Waals surface area contributed by atoms with Crippen LogP contribution < -0.4 is 4.74 Å². The van der Waals surface area contributed by atoms with E-state index in [1.165, 1.54) is 4.90 Å². The monoisotopic (exact) mass is 423 g/mol. The normalized spacial score (nSPS) is 13.1. The van der Waals surface area contributed by atoms with Gasteiger partial charge in [0, 0.05) is 35.1 Å². The van der Waals surface area contributed by atoms with Crippen molar-refractivity contribution in [1.29, 1.82) is 0 Å². The van der Waals surface area contributed by atoms with Gasteiger partial charge in [0.25, 0.3) is 11.8 Å². The fourth-order valence-electron chi connectivity index (χ4n) is 3.98. The van der Waals surface area contributed by atoms with E-state index in [4.69, 9.17) is 9.47 Å². The molecule has 5 nitrogen and oxygen atoms in total. The average Bonchev–Trinajstić information content (AvgIpc) is 2.79. The van der Waals surface area contributed by atoms with E-state index in [0.29, 0.717) is 30.9 Å². The number of hydrogen-bond donors (Lipinski definition) is 0. The van der Waals surface area contributed by atoms with Gasteiger partial charge in [0.15, 0.2) is 0 Å². The highest BCUT2D eigenvalue weighted by molar-refractivity contribution is 6.26. The third-order valence-electron chi connectivity index (χ3n) is 5.61. The Bertz CT molecular complexity index is 899. The number of ether oxygens (including phenoxy) is 2. The van der Waals surface area contributed by atoms with Crippen molar-refractivity contribution >= 4 is 22.6 Å². The van der Waals surface area contributed by atoms with E-state index in [1.54, 1.807) is 12.1 Å². The largest absolute Gasteiger partial charge is 0.493 e. The minimum Gasteiger partial charge on any atom is -0.493 e. The molecule has 2 amide bonds. The standard InChI is InChI=1S/C26H33NO4/c1-3-5-6-8-16-27-25(28)21-13-11-12-20-23(15-14-22(24(20)21)26(27)29)31-19-10-7-9-18-30-17-4-2/h4,11-15H,2-3,5-10,16-19H2,1H3. The molecule has 1 aliphatic rings. The van der Waals surface area contributed by atoms with Crippen LogP contribution in [0.15, 0.2) is 43.0 Å². The van der Waals surface area contributed by atoms with Crippen molar-refractivity contribution in [2.45, 2.75) is 51.9 Å². The topological polar surface area (TPSA) is 55.8 Å². The molecular formula is C26H33NO4. The van der Waals surface area contributed by atoms with E-state index < -0.39 is 0 Å². The van der Waals surface area contributed by atoms with E-state index >= 15 is 0 Å². The molecule has 2 aromatic rings. The average molecular weight is 424 g/mol. The summed E-state index contributed by atoms with van der Waals surface area (Å²) in [7, 11) is 0. The zero-order valence-electron chi connectivity index (χ0n) is 18.5. The highest BCUT2D eigenvalue weighted by Crippen LogP contribution is 2.35. The molecule has 1 aliphatic heterocycles. The van der Waals surface area contributed by atoms with E-state index in [2.05, 4.69) is 13.5 Å². The molecule has 5 heteroatoms. The minimum absolute atomic E-state index is 0.198. The van der Waals surface area contributed by atoms with E-state index in [9.17, 15) is 9.59 Å². The van der Waals surface area contributed by atoms with Crippen LogP contribution in [0.5, 0.6) is 5.75 Å². The zero-order valence-corrected chi connectivity index (χ0v) is 18.5. The van der Waals surface area contributed by atoms with Gasteiger partial charge in [-0.05, 0) is 43.9 Å². The van der Waals surface area contributed by atoms with Gasteiger partial charge in [-0.1, -0.05) is 44.4 Å². The number of amides is 2. The van der Waals surface area contributed by atoms with Gasteiger partial charge in [-0.2, -0.15) is 0 Å². The first-order valence-electron chi connectivity index (χ1n) is 11.4. The van der Waals surface area contributed by atoms with Crippen LogP contribution >= 0.6 is 0 Å². The van der Waals surface area contributed by atoms with Crippen LogP contribution in [0.25, 0.3) is 10.8 Å². The van der Waals surface area contributed by atoms with Crippen LogP contribution in [0.3, 0.4) is 0 Å². The second kappa shape index (κ2) is 11.7. The molecule has 0 aliphatic carbocycles. The van der Waals surface area contributed by atoms with Crippen molar-refractivity contribution in [3.63, 3.8) is 0 Å². The number of benzene rings is 2. The summed E-state index contributed by atoms with van der Waals surface area (Å²) in [6.07, 6.45) is 8.78.